The predicted molar refractivity (Wildman–Crippen MR) is 48.8 cm³/mol. The van der Waals surface area contributed by atoms with E-state index in [4.69, 9.17) is 21.1 Å². The lowest BCUT2D eigenvalue weighted by Crippen LogP contribution is -2.48. The Labute approximate surface area is 78.6 Å². The van der Waals surface area contributed by atoms with Gasteiger partial charge in [0, 0.05) is 26.1 Å². The van der Waals surface area contributed by atoms with Crippen LogP contribution in [0.3, 0.4) is 0 Å². The summed E-state index contributed by atoms with van der Waals surface area (Å²) < 4.78 is 10.4. The molecule has 1 heterocycles. The molecule has 0 spiro atoms. The van der Waals surface area contributed by atoms with Crippen molar-refractivity contribution in [3.8, 4) is 0 Å². The van der Waals surface area contributed by atoms with Crippen LogP contribution in [0.5, 0.6) is 0 Å². The SMILES string of the molecule is COCC1COCCN1CCCl. The molecular weight excluding hydrogens is 178 g/mol. The minimum atomic E-state index is 0.391. The third kappa shape index (κ3) is 2.90. The van der Waals surface area contributed by atoms with E-state index >= 15 is 0 Å². The maximum absolute atomic E-state index is 5.68. The van der Waals surface area contributed by atoms with Gasteiger partial charge >= 0.3 is 0 Å². The van der Waals surface area contributed by atoms with Crippen LogP contribution in [-0.4, -0.2) is 56.8 Å². The Morgan fingerprint density at radius 3 is 3.17 bits per heavy atom. The molecule has 0 aromatic heterocycles. The van der Waals surface area contributed by atoms with Crippen LogP contribution in [0, 0.1) is 0 Å². The van der Waals surface area contributed by atoms with Gasteiger partial charge in [0.25, 0.3) is 0 Å². The number of hydrogen-bond acceptors (Lipinski definition) is 3. The third-order valence-electron chi connectivity index (χ3n) is 2.08. The van der Waals surface area contributed by atoms with Crippen LogP contribution in [0.2, 0.25) is 0 Å². The molecule has 1 rings (SSSR count). The summed E-state index contributed by atoms with van der Waals surface area (Å²) in [5.74, 6) is 0.681. The van der Waals surface area contributed by atoms with Crippen molar-refractivity contribution in [3.63, 3.8) is 0 Å². The first kappa shape index (κ1) is 10.3. The van der Waals surface area contributed by atoms with Gasteiger partial charge in [-0.25, -0.2) is 0 Å². The van der Waals surface area contributed by atoms with Gasteiger partial charge in [0.15, 0.2) is 0 Å². The van der Waals surface area contributed by atoms with Crippen molar-refractivity contribution in [3.05, 3.63) is 0 Å². The average molecular weight is 194 g/mol. The molecule has 4 heteroatoms. The molecule has 1 atom stereocenters. The van der Waals surface area contributed by atoms with Gasteiger partial charge in [-0.05, 0) is 0 Å². The Hall–Kier alpha value is 0.170. The number of ether oxygens (including phenoxy) is 2. The van der Waals surface area contributed by atoms with Crippen molar-refractivity contribution in [1.29, 1.82) is 0 Å². The minimum Gasteiger partial charge on any atom is -0.383 e. The lowest BCUT2D eigenvalue weighted by atomic mass is 10.2. The molecule has 0 bridgehead atoms. The van der Waals surface area contributed by atoms with Crippen molar-refractivity contribution < 1.29 is 9.47 Å². The van der Waals surface area contributed by atoms with Gasteiger partial charge in [0.05, 0.1) is 25.9 Å². The first-order valence-electron chi connectivity index (χ1n) is 4.25. The van der Waals surface area contributed by atoms with Gasteiger partial charge in [-0.2, -0.15) is 0 Å². The molecule has 0 saturated carbocycles. The summed E-state index contributed by atoms with van der Waals surface area (Å²) in [6.07, 6.45) is 0. The summed E-state index contributed by atoms with van der Waals surface area (Å²) in [6, 6.07) is 0.391. The largest absolute Gasteiger partial charge is 0.383 e. The number of hydrogen-bond donors (Lipinski definition) is 0. The van der Waals surface area contributed by atoms with Crippen LogP contribution in [0.15, 0.2) is 0 Å². The van der Waals surface area contributed by atoms with Gasteiger partial charge in [-0.15, -0.1) is 11.6 Å². The molecule has 0 amide bonds. The summed E-state index contributed by atoms with van der Waals surface area (Å²) in [7, 11) is 1.72. The van der Waals surface area contributed by atoms with Crippen molar-refractivity contribution >= 4 is 11.6 Å². The van der Waals surface area contributed by atoms with E-state index in [0.29, 0.717) is 11.9 Å². The minimum absolute atomic E-state index is 0.391. The number of rotatable bonds is 4. The molecule has 1 unspecified atom stereocenters. The molecule has 1 fully saturated rings. The van der Waals surface area contributed by atoms with Gasteiger partial charge in [0.1, 0.15) is 0 Å². The van der Waals surface area contributed by atoms with E-state index in [2.05, 4.69) is 4.90 Å². The van der Waals surface area contributed by atoms with Crippen molar-refractivity contribution in [2.45, 2.75) is 6.04 Å². The molecule has 0 radical (unpaired) electrons. The molecule has 12 heavy (non-hydrogen) atoms. The zero-order valence-electron chi connectivity index (χ0n) is 7.46. The smallest absolute Gasteiger partial charge is 0.0644 e. The Morgan fingerprint density at radius 2 is 2.50 bits per heavy atom. The monoisotopic (exact) mass is 193 g/mol. The fraction of sp³-hybridized carbons (Fsp3) is 1.00. The first-order chi connectivity index (χ1) is 5.88. The average Bonchev–Trinajstić information content (AvgIpc) is 2.09. The summed E-state index contributed by atoms with van der Waals surface area (Å²) >= 11 is 5.68. The van der Waals surface area contributed by atoms with E-state index in [1.807, 2.05) is 0 Å². The summed E-state index contributed by atoms with van der Waals surface area (Å²) in [5, 5.41) is 0. The maximum Gasteiger partial charge on any atom is 0.0644 e. The molecule has 0 aromatic rings. The van der Waals surface area contributed by atoms with Crippen LogP contribution >= 0.6 is 11.6 Å². The molecule has 72 valence electrons. The van der Waals surface area contributed by atoms with Gasteiger partial charge < -0.3 is 9.47 Å². The molecule has 3 nitrogen and oxygen atoms in total. The van der Waals surface area contributed by atoms with Crippen LogP contribution in [-0.2, 0) is 9.47 Å². The molecule has 1 saturated heterocycles. The number of morpholine rings is 1. The van der Waals surface area contributed by atoms with Crippen LogP contribution in [0.1, 0.15) is 0 Å². The van der Waals surface area contributed by atoms with Gasteiger partial charge in [0.2, 0.25) is 0 Å². The highest BCUT2D eigenvalue weighted by Crippen LogP contribution is 2.06. The van der Waals surface area contributed by atoms with Crippen molar-refractivity contribution in [2.75, 3.05) is 45.9 Å². The normalized spacial score (nSPS) is 26.0. The summed E-state index contributed by atoms with van der Waals surface area (Å²) in [5.41, 5.74) is 0. The zero-order chi connectivity index (χ0) is 8.81. The van der Waals surface area contributed by atoms with Gasteiger partial charge in [-0.1, -0.05) is 0 Å². The van der Waals surface area contributed by atoms with Crippen LogP contribution < -0.4 is 0 Å². The number of alkyl halides is 1. The number of methoxy groups -OCH3 is 1. The fourth-order valence-electron chi connectivity index (χ4n) is 1.44. The Balaban J connectivity index is 2.31. The Kier molecular flexibility index (Phi) is 4.92. The molecule has 1 aliphatic heterocycles. The van der Waals surface area contributed by atoms with E-state index in [-0.39, 0.29) is 0 Å². The fourth-order valence-corrected chi connectivity index (χ4v) is 1.66. The quantitative estimate of drug-likeness (QED) is 0.610. The van der Waals surface area contributed by atoms with Crippen molar-refractivity contribution in [2.24, 2.45) is 0 Å². The topological polar surface area (TPSA) is 21.7 Å². The molecule has 0 aromatic carbocycles. The molecule has 0 aliphatic carbocycles. The second-order valence-corrected chi connectivity index (χ2v) is 3.29. The summed E-state index contributed by atoms with van der Waals surface area (Å²) in [4.78, 5) is 2.32. The maximum atomic E-state index is 5.68. The van der Waals surface area contributed by atoms with E-state index in [1.54, 1.807) is 7.11 Å². The Bertz CT molecular complexity index is 106. The van der Waals surface area contributed by atoms with Crippen LogP contribution in [0.25, 0.3) is 0 Å². The van der Waals surface area contributed by atoms with E-state index in [0.717, 1.165) is 32.9 Å². The highest BCUT2D eigenvalue weighted by Gasteiger charge is 2.21. The third-order valence-corrected chi connectivity index (χ3v) is 2.25. The Morgan fingerprint density at radius 1 is 1.67 bits per heavy atom. The lowest BCUT2D eigenvalue weighted by Gasteiger charge is -2.34. The second-order valence-electron chi connectivity index (χ2n) is 2.91. The number of halogens is 1. The molecular formula is C8H16ClNO2. The van der Waals surface area contributed by atoms with E-state index in [9.17, 15) is 0 Å². The van der Waals surface area contributed by atoms with E-state index < -0.39 is 0 Å². The van der Waals surface area contributed by atoms with Crippen LogP contribution in [0.4, 0.5) is 0 Å². The standard InChI is InChI=1S/C8H16ClNO2/c1-11-6-8-7-12-5-4-10(8)3-2-9/h8H,2-7H2,1H3. The van der Waals surface area contributed by atoms with E-state index in [1.165, 1.54) is 0 Å². The number of nitrogens with zero attached hydrogens (tertiary/aromatic N) is 1. The lowest BCUT2D eigenvalue weighted by molar-refractivity contribution is -0.0322. The first-order valence-corrected chi connectivity index (χ1v) is 4.78. The highest BCUT2D eigenvalue weighted by atomic mass is 35.5. The molecule has 1 aliphatic rings. The summed E-state index contributed by atoms with van der Waals surface area (Å²) in [6.45, 7) is 4.22. The van der Waals surface area contributed by atoms with Crippen molar-refractivity contribution in [1.82, 2.24) is 4.90 Å². The molecule has 0 N–H and O–H groups in total. The zero-order valence-corrected chi connectivity index (χ0v) is 8.22. The van der Waals surface area contributed by atoms with Gasteiger partial charge in [-0.3, -0.25) is 4.90 Å². The highest BCUT2D eigenvalue weighted by molar-refractivity contribution is 6.18. The predicted octanol–water partition coefficient (Wildman–Crippen LogP) is 0.572. The second kappa shape index (κ2) is 5.75.